The number of furan rings is 2. The third-order valence-electron chi connectivity index (χ3n) is 3.18. The summed E-state index contributed by atoms with van der Waals surface area (Å²) in [5, 5.41) is 14.1. The molecule has 3 heterocycles. The zero-order valence-electron chi connectivity index (χ0n) is 11.4. The molecule has 1 aliphatic rings. The molecule has 112 valence electrons. The van der Waals surface area contributed by atoms with Crippen molar-refractivity contribution >= 4 is 17.6 Å². The van der Waals surface area contributed by atoms with Crippen molar-refractivity contribution in [2.75, 3.05) is 0 Å². The third kappa shape index (κ3) is 2.69. The van der Waals surface area contributed by atoms with Gasteiger partial charge >= 0.3 is 5.97 Å². The Morgan fingerprint density at radius 2 is 2.00 bits per heavy atom. The number of rotatable bonds is 4. The summed E-state index contributed by atoms with van der Waals surface area (Å²) in [7, 11) is 0. The van der Waals surface area contributed by atoms with Crippen molar-refractivity contribution in [2.45, 2.75) is 12.5 Å². The molecule has 1 aliphatic heterocycles. The second kappa shape index (κ2) is 5.72. The molecule has 1 atom stereocenters. The fourth-order valence-electron chi connectivity index (χ4n) is 2.23. The van der Waals surface area contributed by atoms with E-state index in [9.17, 15) is 9.59 Å². The highest BCUT2D eigenvalue weighted by Crippen LogP contribution is 2.33. The summed E-state index contributed by atoms with van der Waals surface area (Å²) in [4.78, 5) is 22.7. The van der Waals surface area contributed by atoms with Gasteiger partial charge in [-0.25, -0.2) is 9.80 Å². The van der Waals surface area contributed by atoms with E-state index in [1.165, 1.54) is 17.5 Å². The van der Waals surface area contributed by atoms with Gasteiger partial charge in [-0.15, -0.1) is 0 Å². The maximum absolute atomic E-state index is 12.2. The van der Waals surface area contributed by atoms with Gasteiger partial charge in [-0.3, -0.25) is 4.79 Å². The summed E-state index contributed by atoms with van der Waals surface area (Å²) in [6.45, 7) is 0. The van der Waals surface area contributed by atoms with Crippen LogP contribution in [0.4, 0.5) is 0 Å². The molecule has 2 aromatic rings. The first-order valence-corrected chi connectivity index (χ1v) is 6.54. The molecular weight excluding hydrogens is 288 g/mol. The molecule has 0 radical (unpaired) electrons. The monoisotopic (exact) mass is 300 g/mol. The largest absolute Gasteiger partial charge is 0.478 e. The second-order valence-electron chi connectivity index (χ2n) is 4.61. The Hall–Kier alpha value is -3.09. The highest BCUT2D eigenvalue weighted by molar-refractivity contribution is 6.02. The molecule has 1 amide bonds. The number of carbonyl (C=O) groups is 2. The molecule has 0 aromatic carbocycles. The van der Waals surface area contributed by atoms with E-state index in [1.54, 1.807) is 24.3 Å². The Bertz CT molecular complexity index is 728. The third-order valence-corrected chi connectivity index (χ3v) is 3.18. The lowest BCUT2D eigenvalue weighted by Crippen LogP contribution is -2.25. The van der Waals surface area contributed by atoms with Crippen molar-refractivity contribution in [3.63, 3.8) is 0 Å². The summed E-state index contributed by atoms with van der Waals surface area (Å²) < 4.78 is 10.6. The van der Waals surface area contributed by atoms with Crippen molar-refractivity contribution in [2.24, 2.45) is 5.10 Å². The average molecular weight is 300 g/mol. The van der Waals surface area contributed by atoms with Crippen molar-refractivity contribution in [3.05, 3.63) is 60.5 Å². The normalized spacial score (nSPS) is 17.9. The van der Waals surface area contributed by atoms with Gasteiger partial charge in [0.25, 0.3) is 5.91 Å². The Morgan fingerprint density at radius 1 is 1.23 bits per heavy atom. The van der Waals surface area contributed by atoms with E-state index in [0.717, 1.165) is 12.2 Å². The van der Waals surface area contributed by atoms with Crippen LogP contribution in [0.5, 0.6) is 0 Å². The molecular formula is C15H12N2O5. The van der Waals surface area contributed by atoms with Crippen molar-refractivity contribution in [1.29, 1.82) is 0 Å². The van der Waals surface area contributed by atoms with Crippen molar-refractivity contribution < 1.29 is 23.5 Å². The number of carboxylic acid groups (broad SMARTS) is 1. The van der Waals surface area contributed by atoms with E-state index < -0.39 is 17.9 Å². The molecule has 0 bridgehead atoms. The van der Waals surface area contributed by atoms with Crippen molar-refractivity contribution in [1.82, 2.24) is 5.01 Å². The first-order valence-electron chi connectivity index (χ1n) is 6.54. The maximum atomic E-state index is 12.2. The van der Waals surface area contributed by atoms with Gasteiger partial charge in [0.1, 0.15) is 23.3 Å². The minimum atomic E-state index is -1.20. The molecule has 7 heteroatoms. The standard InChI is InChI=1S/C15H12N2O5/c18-14(5-6-15(19)20)17-11(13-4-2-8-22-13)9-10(16-17)12-3-1-7-21-12/h1-8,11H,9H2,(H,19,20)/b6-5+/t11-/m0/s1. The zero-order valence-corrected chi connectivity index (χ0v) is 11.4. The summed E-state index contributed by atoms with van der Waals surface area (Å²) in [5.41, 5.74) is 0.600. The van der Waals surface area contributed by atoms with E-state index in [2.05, 4.69) is 5.10 Å². The average Bonchev–Trinajstić information content (AvgIpc) is 3.23. The van der Waals surface area contributed by atoms with E-state index >= 15 is 0 Å². The molecule has 0 unspecified atom stereocenters. The summed E-state index contributed by atoms with van der Waals surface area (Å²) in [6, 6.07) is 6.51. The van der Waals surface area contributed by atoms with Crippen LogP contribution in [0.1, 0.15) is 24.0 Å². The molecule has 0 spiro atoms. The van der Waals surface area contributed by atoms with Crippen LogP contribution in [-0.2, 0) is 9.59 Å². The van der Waals surface area contributed by atoms with Crippen LogP contribution < -0.4 is 0 Å². The number of aliphatic carboxylic acids is 1. The van der Waals surface area contributed by atoms with Gasteiger partial charge in [0, 0.05) is 18.6 Å². The number of hydrogen-bond acceptors (Lipinski definition) is 5. The topological polar surface area (TPSA) is 96.2 Å². The fourth-order valence-corrected chi connectivity index (χ4v) is 2.23. The van der Waals surface area contributed by atoms with E-state index in [1.807, 2.05) is 0 Å². The van der Waals surface area contributed by atoms with Crippen LogP contribution in [0.2, 0.25) is 0 Å². The minimum absolute atomic E-state index is 0.424. The van der Waals surface area contributed by atoms with Crippen LogP contribution in [-0.4, -0.2) is 27.7 Å². The molecule has 0 saturated carbocycles. The zero-order chi connectivity index (χ0) is 15.5. The maximum Gasteiger partial charge on any atom is 0.328 e. The fraction of sp³-hybridized carbons (Fsp3) is 0.133. The predicted octanol–water partition coefficient (Wildman–Crippen LogP) is 2.19. The lowest BCUT2D eigenvalue weighted by molar-refractivity contribution is -0.132. The Balaban J connectivity index is 1.90. The second-order valence-corrected chi connectivity index (χ2v) is 4.61. The van der Waals surface area contributed by atoms with Crippen LogP contribution in [0.25, 0.3) is 0 Å². The molecule has 22 heavy (non-hydrogen) atoms. The van der Waals surface area contributed by atoms with Crippen LogP contribution in [0, 0.1) is 0 Å². The van der Waals surface area contributed by atoms with Crippen LogP contribution in [0.15, 0.2) is 62.9 Å². The SMILES string of the molecule is O=C(O)/C=C/C(=O)N1N=C(c2ccco2)C[C@H]1c1ccco1. The van der Waals surface area contributed by atoms with E-state index in [0.29, 0.717) is 23.7 Å². The summed E-state index contributed by atoms with van der Waals surface area (Å²) in [5.74, 6) is -0.598. The lowest BCUT2D eigenvalue weighted by Gasteiger charge is -2.17. The van der Waals surface area contributed by atoms with Gasteiger partial charge in [-0.2, -0.15) is 5.10 Å². The van der Waals surface area contributed by atoms with Crippen LogP contribution >= 0.6 is 0 Å². The van der Waals surface area contributed by atoms with Gasteiger partial charge in [0.2, 0.25) is 0 Å². The van der Waals surface area contributed by atoms with Crippen LogP contribution in [0.3, 0.4) is 0 Å². The Labute approximate surface area is 125 Å². The molecule has 0 aliphatic carbocycles. The van der Waals surface area contributed by atoms with Gasteiger partial charge < -0.3 is 13.9 Å². The first-order chi connectivity index (χ1) is 10.6. The van der Waals surface area contributed by atoms with Gasteiger partial charge in [-0.05, 0) is 24.3 Å². The number of carboxylic acids is 1. The molecule has 7 nitrogen and oxygen atoms in total. The lowest BCUT2D eigenvalue weighted by atomic mass is 10.1. The highest BCUT2D eigenvalue weighted by Gasteiger charge is 2.34. The molecule has 1 N–H and O–H groups in total. The molecule has 2 aromatic heterocycles. The smallest absolute Gasteiger partial charge is 0.328 e. The predicted molar refractivity (Wildman–Crippen MR) is 74.9 cm³/mol. The molecule has 3 rings (SSSR count). The number of amides is 1. The minimum Gasteiger partial charge on any atom is -0.478 e. The van der Waals surface area contributed by atoms with Gasteiger partial charge in [0.15, 0.2) is 0 Å². The Kier molecular flexibility index (Phi) is 3.61. The summed E-state index contributed by atoms with van der Waals surface area (Å²) >= 11 is 0. The van der Waals surface area contributed by atoms with Gasteiger partial charge in [0.05, 0.1) is 12.5 Å². The van der Waals surface area contributed by atoms with E-state index in [4.69, 9.17) is 13.9 Å². The van der Waals surface area contributed by atoms with Gasteiger partial charge in [-0.1, -0.05) is 0 Å². The van der Waals surface area contributed by atoms with Crippen molar-refractivity contribution in [3.8, 4) is 0 Å². The number of nitrogens with zero attached hydrogens (tertiary/aromatic N) is 2. The summed E-state index contributed by atoms with van der Waals surface area (Å²) in [6.07, 6.45) is 5.20. The number of carbonyl (C=O) groups excluding carboxylic acids is 1. The molecule has 0 fully saturated rings. The highest BCUT2D eigenvalue weighted by atomic mass is 16.4. The quantitative estimate of drug-likeness (QED) is 0.873. The number of hydrazone groups is 1. The van der Waals surface area contributed by atoms with E-state index in [-0.39, 0.29) is 0 Å². The Morgan fingerprint density at radius 3 is 2.64 bits per heavy atom. The number of hydrogen-bond donors (Lipinski definition) is 1. The first kappa shape index (κ1) is 13.9. The molecule has 0 saturated heterocycles.